The van der Waals surface area contributed by atoms with Crippen LogP contribution in [0.5, 0.6) is 11.5 Å². The molecule has 0 fully saturated rings. The largest absolute Gasteiger partial charge is 0.494 e. The van der Waals surface area contributed by atoms with Crippen LogP contribution in [0, 0.1) is 0 Å². The van der Waals surface area contributed by atoms with Gasteiger partial charge in [0.1, 0.15) is 17.0 Å². The van der Waals surface area contributed by atoms with E-state index < -0.39 is 11.5 Å². The number of benzene rings is 1. The minimum absolute atomic E-state index is 0.375. The van der Waals surface area contributed by atoms with E-state index in [0.29, 0.717) is 26.1 Å². The topological polar surface area (TPSA) is 81.8 Å². The van der Waals surface area contributed by atoms with E-state index in [2.05, 4.69) is 6.92 Å². The van der Waals surface area contributed by atoms with Crippen LogP contribution in [0.4, 0.5) is 0 Å². The summed E-state index contributed by atoms with van der Waals surface area (Å²) in [6, 6.07) is 7.39. The summed E-state index contributed by atoms with van der Waals surface area (Å²) >= 11 is 0. The first-order valence-electron chi connectivity index (χ1n) is 6.83. The maximum absolute atomic E-state index is 10.8. The second kappa shape index (κ2) is 7.75. The van der Waals surface area contributed by atoms with Crippen molar-refractivity contribution in [3.05, 3.63) is 24.3 Å². The molecular weight excluding hydrogens is 258 g/mol. The van der Waals surface area contributed by atoms with Crippen LogP contribution in [0.15, 0.2) is 24.3 Å². The molecule has 0 spiro atoms. The summed E-state index contributed by atoms with van der Waals surface area (Å²) in [4.78, 5) is 10.8. The average Bonchev–Trinajstić information content (AvgIpc) is 2.42. The molecule has 0 bridgehead atoms. The van der Waals surface area contributed by atoms with Gasteiger partial charge in [0.05, 0.1) is 13.2 Å². The fourth-order valence-corrected chi connectivity index (χ4v) is 1.59. The zero-order chi connectivity index (χ0) is 15.0. The maximum atomic E-state index is 10.8. The molecule has 0 aromatic heterocycles. The second-order valence-electron chi connectivity index (χ2n) is 4.99. The van der Waals surface area contributed by atoms with Crippen molar-refractivity contribution in [2.75, 3.05) is 13.2 Å². The Kier molecular flexibility index (Phi) is 6.31. The van der Waals surface area contributed by atoms with Crippen LogP contribution in [0.25, 0.3) is 0 Å². The molecule has 1 rings (SSSR count). The first-order valence-corrected chi connectivity index (χ1v) is 6.83. The van der Waals surface area contributed by atoms with E-state index >= 15 is 0 Å². The molecule has 20 heavy (non-hydrogen) atoms. The van der Waals surface area contributed by atoms with E-state index in [1.807, 2.05) is 24.3 Å². The molecule has 5 heteroatoms. The van der Waals surface area contributed by atoms with Gasteiger partial charge in [-0.1, -0.05) is 6.92 Å². The van der Waals surface area contributed by atoms with Crippen molar-refractivity contribution in [1.82, 2.24) is 0 Å². The lowest BCUT2D eigenvalue weighted by molar-refractivity contribution is -0.142. The van der Waals surface area contributed by atoms with E-state index in [1.165, 1.54) is 6.92 Å². The molecule has 1 aromatic rings. The molecular formula is C15H23NO4. The zero-order valence-electron chi connectivity index (χ0n) is 12.1. The third-order valence-electron chi connectivity index (χ3n) is 2.89. The van der Waals surface area contributed by atoms with Crippen molar-refractivity contribution >= 4 is 5.97 Å². The Balaban J connectivity index is 2.30. The van der Waals surface area contributed by atoms with Crippen LogP contribution >= 0.6 is 0 Å². The summed E-state index contributed by atoms with van der Waals surface area (Å²) in [6.45, 7) is 4.70. The van der Waals surface area contributed by atoms with E-state index in [9.17, 15) is 4.79 Å². The zero-order valence-corrected chi connectivity index (χ0v) is 12.1. The molecule has 1 unspecified atom stereocenters. The standard InChI is InChI=1S/C15H23NO4/c1-3-10-19-12-5-7-13(8-6-12)20-11-4-9-15(2,16)14(17)18/h5-8H,3-4,9-11,16H2,1-2H3,(H,17,18). The predicted octanol–water partition coefficient (Wildman–Crippen LogP) is 2.44. The Hall–Kier alpha value is -1.75. The molecule has 0 aliphatic heterocycles. The minimum atomic E-state index is -1.19. The number of ether oxygens (including phenoxy) is 2. The molecule has 0 aliphatic rings. The Morgan fingerprint density at radius 1 is 1.20 bits per heavy atom. The summed E-state index contributed by atoms with van der Waals surface area (Å²) < 4.78 is 11.0. The lowest BCUT2D eigenvalue weighted by atomic mass is 9.98. The predicted molar refractivity (Wildman–Crippen MR) is 77.2 cm³/mol. The Bertz CT molecular complexity index is 414. The third-order valence-corrected chi connectivity index (χ3v) is 2.89. The molecule has 0 aliphatic carbocycles. The van der Waals surface area contributed by atoms with Gasteiger partial charge in [0.25, 0.3) is 0 Å². The molecule has 112 valence electrons. The van der Waals surface area contributed by atoms with E-state index in [0.717, 1.165) is 17.9 Å². The van der Waals surface area contributed by atoms with Crippen LogP contribution in [0.2, 0.25) is 0 Å². The first kappa shape index (κ1) is 16.3. The molecule has 0 saturated carbocycles. The van der Waals surface area contributed by atoms with Crippen molar-refractivity contribution < 1.29 is 19.4 Å². The number of hydrogen-bond donors (Lipinski definition) is 2. The van der Waals surface area contributed by atoms with Crippen molar-refractivity contribution in [1.29, 1.82) is 0 Å². The first-order chi connectivity index (χ1) is 9.45. The van der Waals surface area contributed by atoms with Crippen molar-refractivity contribution in [2.24, 2.45) is 5.73 Å². The van der Waals surface area contributed by atoms with Gasteiger partial charge >= 0.3 is 5.97 Å². The lowest BCUT2D eigenvalue weighted by Gasteiger charge is -2.18. The quantitative estimate of drug-likeness (QED) is 0.679. The van der Waals surface area contributed by atoms with Crippen LogP contribution in [0.3, 0.4) is 0 Å². The van der Waals surface area contributed by atoms with Crippen molar-refractivity contribution in [2.45, 2.75) is 38.6 Å². The van der Waals surface area contributed by atoms with Gasteiger partial charge in [-0.2, -0.15) is 0 Å². The SMILES string of the molecule is CCCOc1ccc(OCCCC(C)(N)C(=O)O)cc1. The molecule has 5 nitrogen and oxygen atoms in total. The molecule has 0 amide bonds. The van der Waals surface area contributed by atoms with Crippen LogP contribution < -0.4 is 15.2 Å². The second-order valence-corrected chi connectivity index (χ2v) is 4.99. The van der Waals surface area contributed by atoms with Gasteiger partial charge in [-0.15, -0.1) is 0 Å². The third kappa shape index (κ3) is 5.48. The summed E-state index contributed by atoms with van der Waals surface area (Å²) in [6.07, 6.45) is 1.94. The smallest absolute Gasteiger partial charge is 0.323 e. The number of carboxylic acids is 1. The highest BCUT2D eigenvalue weighted by Gasteiger charge is 2.26. The molecule has 0 heterocycles. The molecule has 1 aromatic carbocycles. The maximum Gasteiger partial charge on any atom is 0.323 e. The highest BCUT2D eigenvalue weighted by Crippen LogP contribution is 2.18. The average molecular weight is 281 g/mol. The molecule has 1 atom stereocenters. The highest BCUT2D eigenvalue weighted by molar-refractivity contribution is 5.77. The summed E-state index contributed by atoms with van der Waals surface area (Å²) in [5.74, 6) is 0.567. The normalized spacial score (nSPS) is 13.6. The summed E-state index contributed by atoms with van der Waals surface area (Å²) in [7, 11) is 0. The van der Waals surface area contributed by atoms with Gasteiger partial charge in [0.2, 0.25) is 0 Å². The van der Waals surface area contributed by atoms with E-state index in [-0.39, 0.29) is 0 Å². The van der Waals surface area contributed by atoms with Gasteiger partial charge in [-0.25, -0.2) is 0 Å². The van der Waals surface area contributed by atoms with Crippen LogP contribution in [-0.4, -0.2) is 29.8 Å². The van der Waals surface area contributed by atoms with Gasteiger partial charge in [-0.3, -0.25) is 4.79 Å². The fraction of sp³-hybridized carbons (Fsp3) is 0.533. The van der Waals surface area contributed by atoms with E-state index in [1.54, 1.807) is 0 Å². The van der Waals surface area contributed by atoms with Gasteiger partial charge in [-0.05, 0) is 50.5 Å². The number of aliphatic carboxylic acids is 1. The van der Waals surface area contributed by atoms with Gasteiger partial charge in [0, 0.05) is 0 Å². The number of nitrogens with two attached hydrogens (primary N) is 1. The van der Waals surface area contributed by atoms with Crippen LogP contribution in [-0.2, 0) is 4.79 Å². The summed E-state index contributed by atoms with van der Waals surface area (Å²) in [5, 5.41) is 8.88. The fourth-order valence-electron chi connectivity index (χ4n) is 1.59. The Morgan fingerprint density at radius 3 is 2.15 bits per heavy atom. The minimum Gasteiger partial charge on any atom is -0.494 e. The highest BCUT2D eigenvalue weighted by atomic mass is 16.5. The monoisotopic (exact) mass is 281 g/mol. The Labute approximate surface area is 119 Å². The molecule has 0 saturated heterocycles. The Morgan fingerprint density at radius 2 is 1.70 bits per heavy atom. The lowest BCUT2D eigenvalue weighted by Crippen LogP contribution is -2.44. The number of hydrogen-bond acceptors (Lipinski definition) is 4. The number of rotatable bonds is 9. The molecule has 3 N–H and O–H groups in total. The molecule has 0 radical (unpaired) electrons. The number of carboxylic acid groups (broad SMARTS) is 1. The summed E-state index contributed by atoms with van der Waals surface area (Å²) in [5.41, 5.74) is 4.44. The van der Waals surface area contributed by atoms with Crippen molar-refractivity contribution in [3.63, 3.8) is 0 Å². The van der Waals surface area contributed by atoms with E-state index in [4.69, 9.17) is 20.3 Å². The van der Waals surface area contributed by atoms with Crippen LogP contribution in [0.1, 0.15) is 33.1 Å². The van der Waals surface area contributed by atoms with Crippen molar-refractivity contribution in [3.8, 4) is 11.5 Å². The van der Waals surface area contributed by atoms with Gasteiger partial charge < -0.3 is 20.3 Å². The number of carbonyl (C=O) groups is 1. The van der Waals surface area contributed by atoms with Gasteiger partial charge in [0.15, 0.2) is 0 Å².